The van der Waals surface area contributed by atoms with Gasteiger partial charge >= 0.3 is 0 Å². The fourth-order valence-corrected chi connectivity index (χ4v) is 2.01. The number of rotatable bonds is 9. The third-order valence-electron chi connectivity index (χ3n) is 3.17. The minimum absolute atomic E-state index is 0.161. The van der Waals surface area contributed by atoms with E-state index in [0.29, 0.717) is 0 Å². The molecular formula is C16H27NO. The highest BCUT2D eigenvalue weighted by molar-refractivity contribution is 5.28. The molecule has 1 aromatic carbocycles. The van der Waals surface area contributed by atoms with E-state index < -0.39 is 0 Å². The van der Waals surface area contributed by atoms with E-state index in [4.69, 9.17) is 10.5 Å². The second-order valence-electron chi connectivity index (χ2n) is 4.87. The van der Waals surface area contributed by atoms with Crippen molar-refractivity contribution in [3.8, 4) is 5.75 Å². The zero-order chi connectivity index (χ0) is 13.2. The van der Waals surface area contributed by atoms with E-state index in [9.17, 15) is 0 Å². The zero-order valence-corrected chi connectivity index (χ0v) is 11.8. The molecule has 0 aliphatic heterocycles. The van der Waals surface area contributed by atoms with Gasteiger partial charge in [0.25, 0.3) is 0 Å². The second-order valence-corrected chi connectivity index (χ2v) is 4.87. The molecule has 1 unspecified atom stereocenters. The third kappa shape index (κ3) is 5.54. The Kier molecular flexibility index (Phi) is 7.51. The largest absolute Gasteiger partial charge is 0.494 e. The van der Waals surface area contributed by atoms with Gasteiger partial charge in [0.15, 0.2) is 0 Å². The van der Waals surface area contributed by atoms with Gasteiger partial charge in [-0.05, 0) is 30.5 Å². The van der Waals surface area contributed by atoms with Crippen LogP contribution in [0, 0.1) is 0 Å². The van der Waals surface area contributed by atoms with Crippen molar-refractivity contribution in [3.63, 3.8) is 0 Å². The number of hydrogen-bond acceptors (Lipinski definition) is 2. The molecule has 18 heavy (non-hydrogen) atoms. The lowest BCUT2D eigenvalue weighted by Gasteiger charge is -2.12. The van der Waals surface area contributed by atoms with Gasteiger partial charge in [-0.1, -0.05) is 51.7 Å². The Bertz CT molecular complexity index is 307. The van der Waals surface area contributed by atoms with Gasteiger partial charge in [0.1, 0.15) is 5.75 Å². The molecule has 1 rings (SSSR count). The average Bonchev–Trinajstić information content (AvgIpc) is 2.39. The third-order valence-corrected chi connectivity index (χ3v) is 3.17. The van der Waals surface area contributed by atoms with Crippen molar-refractivity contribution in [3.05, 3.63) is 29.8 Å². The summed E-state index contributed by atoms with van der Waals surface area (Å²) in [5, 5.41) is 0. The molecule has 0 heterocycles. The van der Waals surface area contributed by atoms with E-state index in [0.717, 1.165) is 31.6 Å². The Morgan fingerprint density at radius 2 is 1.72 bits per heavy atom. The van der Waals surface area contributed by atoms with E-state index >= 15 is 0 Å². The molecule has 0 saturated carbocycles. The number of benzene rings is 1. The van der Waals surface area contributed by atoms with Gasteiger partial charge in [-0.3, -0.25) is 0 Å². The summed E-state index contributed by atoms with van der Waals surface area (Å²) in [6.45, 7) is 5.20. The highest BCUT2D eigenvalue weighted by Crippen LogP contribution is 2.19. The maximum absolute atomic E-state index is 6.07. The van der Waals surface area contributed by atoms with Crippen molar-refractivity contribution >= 4 is 0 Å². The first-order valence-corrected chi connectivity index (χ1v) is 7.26. The Morgan fingerprint density at radius 1 is 1.00 bits per heavy atom. The van der Waals surface area contributed by atoms with E-state index in [1.807, 2.05) is 12.1 Å². The van der Waals surface area contributed by atoms with Gasteiger partial charge in [-0.25, -0.2) is 0 Å². The fraction of sp³-hybridized carbons (Fsp3) is 0.625. The zero-order valence-electron chi connectivity index (χ0n) is 11.8. The van der Waals surface area contributed by atoms with Crippen LogP contribution in [0.25, 0.3) is 0 Å². The molecule has 0 saturated heterocycles. The lowest BCUT2D eigenvalue weighted by Crippen LogP contribution is -2.09. The fourth-order valence-electron chi connectivity index (χ4n) is 2.01. The van der Waals surface area contributed by atoms with Crippen molar-refractivity contribution in [1.82, 2.24) is 0 Å². The van der Waals surface area contributed by atoms with E-state index in [1.54, 1.807) is 0 Å². The van der Waals surface area contributed by atoms with Crippen molar-refractivity contribution in [2.75, 3.05) is 6.61 Å². The lowest BCUT2D eigenvalue weighted by molar-refractivity contribution is 0.305. The van der Waals surface area contributed by atoms with E-state index in [2.05, 4.69) is 26.0 Å². The topological polar surface area (TPSA) is 35.2 Å². The number of ether oxygens (including phenoxy) is 1. The van der Waals surface area contributed by atoms with Crippen molar-refractivity contribution in [2.24, 2.45) is 5.73 Å². The summed E-state index contributed by atoms with van der Waals surface area (Å²) >= 11 is 0. The van der Waals surface area contributed by atoms with Crippen LogP contribution in [0.2, 0.25) is 0 Å². The monoisotopic (exact) mass is 249 g/mol. The summed E-state index contributed by atoms with van der Waals surface area (Å²) in [7, 11) is 0. The first-order valence-electron chi connectivity index (χ1n) is 7.26. The van der Waals surface area contributed by atoms with Crippen LogP contribution in [0.1, 0.15) is 64.0 Å². The van der Waals surface area contributed by atoms with Crippen LogP contribution in [0.5, 0.6) is 5.75 Å². The summed E-state index contributed by atoms with van der Waals surface area (Å²) in [6, 6.07) is 8.40. The standard InChI is InChI=1S/C16H27NO/c1-3-5-6-7-13-18-15-11-9-14(10-12-15)16(17)8-4-2/h9-12,16H,3-8,13,17H2,1-2H3. The summed E-state index contributed by atoms with van der Waals surface area (Å²) < 4.78 is 5.71. The van der Waals surface area contributed by atoms with Gasteiger partial charge in [-0.2, -0.15) is 0 Å². The maximum Gasteiger partial charge on any atom is 0.119 e. The Morgan fingerprint density at radius 3 is 2.33 bits per heavy atom. The first kappa shape index (κ1) is 15.0. The molecule has 0 aliphatic carbocycles. The molecule has 0 fully saturated rings. The normalized spacial score (nSPS) is 12.4. The van der Waals surface area contributed by atoms with Gasteiger partial charge in [-0.15, -0.1) is 0 Å². The van der Waals surface area contributed by atoms with Crippen molar-refractivity contribution in [1.29, 1.82) is 0 Å². The van der Waals surface area contributed by atoms with E-state index in [-0.39, 0.29) is 6.04 Å². The Balaban J connectivity index is 2.31. The highest BCUT2D eigenvalue weighted by atomic mass is 16.5. The van der Waals surface area contributed by atoms with Gasteiger partial charge in [0.2, 0.25) is 0 Å². The number of hydrogen-bond donors (Lipinski definition) is 1. The molecule has 0 amide bonds. The SMILES string of the molecule is CCCCCCOc1ccc(C(N)CCC)cc1. The lowest BCUT2D eigenvalue weighted by atomic mass is 10.0. The van der Waals surface area contributed by atoms with Gasteiger partial charge in [0, 0.05) is 6.04 Å². The van der Waals surface area contributed by atoms with Crippen LogP contribution in [-0.4, -0.2) is 6.61 Å². The second kappa shape index (κ2) is 8.98. The Labute approximate surface area is 112 Å². The van der Waals surface area contributed by atoms with Crippen LogP contribution < -0.4 is 10.5 Å². The molecular weight excluding hydrogens is 222 g/mol. The molecule has 1 atom stereocenters. The minimum Gasteiger partial charge on any atom is -0.494 e. The summed E-state index contributed by atoms with van der Waals surface area (Å²) in [5.74, 6) is 0.957. The van der Waals surface area contributed by atoms with Crippen LogP contribution in [-0.2, 0) is 0 Å². The summed E-state index contributed by atoms with van der Waals surface area (Å²) in [6.07, 6.45) is 7.13. The van der Waals surface area contributed by atoms with Crippen LogP contribution in [0.15, 0.2) is 24.3 Å². The summed E-state index contributed by atoms with van der Waals surface area (Å²) in [5.41, 5.74) is 7.27. The van der Waals surface area contributed by atoms with Gasteiger partial charge < -0.3 is 10.5 Å². The number of unbranched alkanes of at least 4 members (excludes halogenated alkanes) is 3. The average molecular weight is 249 g/mol. The molecule has 0 spiro atoms. The van der Waals surface area contributed by atoms with Crippen molar-refractivity contribution < 1.29 is 4.74 Å². The quantitative estimate of drug-likeness (QED) is 0.656. The predicted molar refractivity (Wildman–Crippen MR) is 77.9 cm³/mol. The molecule has 2 heteroatoms. The molecule has 2 N–H and O–H groups in total. The van der Waals surface area contributed by atoms with Gasteiger partial charge in [0.05, 0.1) is 6.61 Å². The predicted octanol–water partition coefficient (Wildman–Crippen LogP) is 4.45. The molecule has 102 valence electrons. The molecule has 0 bridgehead atoms. The molecule has 0 aliphatic rings. The smallest absolute Gasteiger partial charge is 0.119 e. The minimum atomic E-state index is 0.161. The molecule has 0 radical (unpaired) electrons. The Hall–Kier alpha value is -1.02. The van der Waals surface area contributed by atoms with Crippen LogP contribution in [0.4, 0.5) is 0 Å². The first-order chi connectivity index (χ1) is 8.77. The highest BCUT2D eigenvalue weighted by Gasteiger charge is 2.04. The van der Waals surface area contributed by atoms with Crippen LogP contribution >= 0.6 is 0 Å². The van der Waals surface area contributed by atoms with Crippen LogP contribution in [0.3, 0.4) is 0 Å². The van der Waals surface area contributed by atoms with E-state index in [1.165, 1.54) is 24.8 Å². The maximum atomic E-state index is 6.07. The van der Waals surface area contributed by atoms with Crippen molar-refractivity contribution in [2.45, 2.75) is 58.4 Å². The molecule has 2 nitrogen and oxygen atoms in total. The summed E-state index contributed by atoms with van der Waals surface area (Å²) in [4.78, 5) is 0. The number of nitrogens with two attached hydrogens (primary N) is 1. The molecule has 0 aromatic heterocycles. The molecule has 1 aromatic rings.